The molecular weight excluding hydrogens is 126 g/mol. The predicted molar refractivity (Wildman–Crippen MR) is 40.2 cm³/mol. The fraction of sp³-hybridized carbons (Fsp3) is 0.500. The van der Waals surface area contributed by atoms with Crippen LogP contribution in [0.4, 0.5) is 0 Å². The van der Waals surface area contributed by atoms with E-state index in [4.69, 9.17) is 0 Å². The third kappa shape index (κ3) is 1.20. The van der Waals surface area contributed by atoms with Gasteiger partial charge in [-0.3, -0.25) is 4.79 Å². The lowest BCUT2D eigenvalue weighted by Crippen LogP contribution is -2.49. The summed E-state index contributed by atoms with van der Waals surface area (Å²) >= 11 is 0. The molecule has 1 amide bonds. The van der Waals surface area contributed by atoms with Crippen molar-refractivity contribution in [2.24, 2.45) is 5.92 Å². The van der Waals surface area contributed by atoms with Gasteiger partial charge in [0, 0.05) is 13.1 Å². The number of hydrogen-bond acceptors (Lipinski definition) is 1. The second-order valence-corrected chi connectivity index (χ2v) is 2.54. The molecule has 1 aliphatic rings. The van der Waals surface area contributed by atoms with Gasteiger partial charge >= 0.3 is 0 Å². The van der Waals surface area contributed by atoms with E-state index in [0.717, 1.165) is 13.1 Å². The Morgan fingerprint density at radius 1 is 1.70 bits per heavy atom. The second-order valence-electron chi connectivity index (χ2n) is 2.54. The van der Waals surface area contributed by atoms with Gasteiger partial charge in [-0.25, -0.2) is 0 Å². The molecule has 1 radical (unpaired) electrons. The van der Waals surface area contributed by atoms with Crippen LogP contribution in [0, 0.1) is 12.3 Å². The highest BCUT2D eigenvalue weighted by Crippen LogP contribution is 2.17. The zero-order valence-corrected chi connectivity index (χ0v) is 6.21. The van der Waals surface area contributed by atoms with E-state index in [1.807, 2.05) is 6.92 Å². The van der Waals surface area contributed by atoms with Crippen LogP contribution >= 0.6 is 0 Å². The summed E-state index contributed by atoms with van der Waals surface area (Å²) in [6, 6.07) is 0. The van der Waals surface area contributed by atoms with Crippen LogP contribution in [0.1, 0.15) is 6.92 Å². The lowest BCUT2D eigenvalue weighted by molar-refractivity contribution is -0.131. The van der Waals surface area contributed by atoms with Crippen molar-refractivity contribution in [3.05, 3.63) is 19.1 Å². The maximum absolute atomic E-state index is 10.8. The summed E-state index contributed by atoms with van der Waals surface area (Å²) in [5, 5.41) is 0. The van der Waals surface area contributed by atoms with Crippen LogP contribution in [0.15, 0.2) is 12.7 Å². The van der Waals surface area contributed by atoms with Crippen LogP contribution in [0.2, 0.25) is 0 Å². The molecule has 2 nitrogen and oxygen atoms in total. The molecule has 1 rings (SSSR count). The Labute approximate surface area is 61.5 Å². The first-order valence-corrected chi connectivity index (χ1v) is 3.48. The zero-order valence-electron chi connectivity index (χ0n) is 6.21. The van der Waals surface area contributed by atoms with E-state index in [9.17, 15) is 4.79 Å². The maximum atomic E-state index is 10.8. The first-order valence-electron chi connectivity index (χ1n) is 3.48. The van der Waals surface area contributed by atoms with Crippen molar-refractivity contribution >= 4 is 5.91 Å². The predicted octanol–water partition coefficient (Wildman–Crippen LogP) is 0.855. The van der Waals surface area contributed by atoms with Gasteiger partial charge in [0.05, 0.1) is 0 Å². The average Bonchev–Trinajstić information content (AvgIpc) is 1.85. The van der Waals surface area contributed by atoms with Crippen molar-refractivity contribution in [3.8, 4) is 0 Å². The summed E-state index contributed by atoms with van der Waals surface area (Å²) in [6.07, 6.45) is 3.50. The minimum Gasteiger partial charge on any atom is -0.338 e. The Balaban J connectivity index is 2.25. The summed E-state index contributed by atoms with van der Waals surface area (Å²) in [5.41, 5.74) is 0. The Morgan fingerprint density at radius 3 is 2.70 bits per heavy atom. The number of rotatable bonds is 2. The molecule has 1 heterocycles. The van der Waals surface area contributed by atoms with E-state index >= 15 is 0 Å². The summed E-state index contributed by atoms with van der Waals surface area (Å²) in [7, 11) is 0. The Kier molecular flexibility index (Phi) is 2.10. The molecule has 0 aromatic heterocycles. The number of amides is 1. The lowest BCUT2D eigenvalue weighted by atomic mass is 9.97. The van der Waals surface area contributed by atoms with Crippen molar-refractivity contribution in [3.63, 3.8) is 0 Å². The number of carbonyl (C=O) groups excluding carboxylic acids is 1. The molecule has 2 heteroatoms. The van der Waals surface area contributed by atoms with Gasteiger partial charge in [0.25, 0.3) is 0 Å². The summed E-state index contributed by atoms with van der Waals surface area (Å²) in [5.74, 6) is 0.669. The number of carbonyl (C=O) groups is 1. The van der Waals surface area contributed by atoms with Crippen LogP contribution in [0.3, 0.4) is 0 Å². The normalized spacial score (nSPS) is 18.3. The molecule has 0 unspecified atom stereocenters. The van der Waals surface area contributed by atoms with E-state index in [2.05, 4.69) is 13.0 Å². The third-order valence-corrected chi connectivity index (χ3v) is 1.87. The molecule has 1 aliphatic heterocycles. The first-order chi connectivity index (χ1) is 4.77. The second kappa shape index (κ2) is 2.86. The molecule has 0 saturated carbocycles. The minimum atomic E-state index is 0.0538. The summed E-state index contributed by atoms with van der Waals surface area (Å²) in [6.45, 7) is 7.19. The SMILES string of the molecule is C=CC(=O)N1CC([CH]C)C1. The van der Waals surface area contributed by atoms with Gasteiger partial charge in [0.15, 0.2) is 0 Å². The molecular formula is C8H12NO. The van der Waals surface area contributed by atoms with Gasteiger partial charge in [0.2, 0.25) is 5.91 Å². The van der Waals surface area contributed by atoms with Crippen molar-refractivity contribution in [2.45, 2.75) is 6.92 Å². The molecule has 55 valence electrons. The molecule has 0 N–H and O–H groups in total. The fourth-order valence-corrected chi connectivity index (χ4v) is 1.03. The molecule has 1 fully saturated rings. The van der Waals surface area contributed by atoms with E-state index in [1.54, 1.807) is 4.90 Å². The van der Waals surface area contributed by atoms with E-state index in [-0.39, 0.29) is 5.91 Å². The van der Waals surface area contributed by atoms with Crippen LogP contribution < -0.4 is 0 Å². The quantitative estimate of drug-likeness (QED) is 0.518. The minimum absolute atomic E-state index is 0.0538. The lowest BCUT2D eigenvalue weighted by Gasteiger charge is -2.37. The highest BCUT2D eigenvalue weighted by atomic mass is 16.2. The zero-order chi connectivity index (χ0) is 7.56. The molecule has 10 heavy (non-hydrogen) atoms. The number of likely N-dealkylation sites (tertiary alicyclic amines) is 1. The van der Waals surface area contributed by atoms with Gasteiger partial charge in [0.1, 0.15) is 0 Å². The average molecular weight is 138 g/mol. The van der Waals surface area contributed by atoms with Crippen molar-refractivity contribution < 1.29 is 4.79 Å². The monoisotopic (exact) mass is 138 g/mol. The van der Waals surface area contributed by atoms with Crippen LogP contribution in [-0.4, -0.2) is 23.9 Å². The van der Waals surface area contributed by atoms with Crippen molar-refractivity contribution in [2.75, 3.05) is 13.1 Å². The first kappa shape index (κ1) is 7.32. The number of nitrogens with zero attached hydrogens (tertiary/aromatic N) is 1. The Bertz CT molecular complexity index is 147. The van der Waals surface area contributed by atoms with E-state index in [0.29, 0.717) is 5.92 Å². The van der Waals surface area contributed by atoms with Gasteiger partial charge in [-0.15, -0.1) is 0 Å². The highest BCUT2D eigenvalue weighted by molar-refractivity contribution is 5.87. The topological polar surface area (TPSA) is 20.3 Å². The van der Waals surface area contributed by atoms with Gasteiger partial charge in [-0.1, -0.05) is 13.5 Å². The highest BCUT2D eigenvalue weighted by Gasteiger charge is 2.27. The van der Waals surface area contributed by atoms with E-state index < -0.39 is 0 Å². The van der Waals surface area contributed by atoms with Gasteiger partial charge in [-0.2, -0.15) is 0 Å². The largest absolute Gasteiger partial charge is 0.338 e. The third-order valence-electron chi connectivity index (χ3n) is 1.87. The molecule has 0 aromatic carbocycles. The summed E-state index contributed by atoms with van der Waals surface area (Å²) in [4.78, 5) is 12.6. The van der Waals surface area contributed by atoms with Crippen LogP contribution in [0.25, 0.3) is 0 Å². The van der Waals surface area contributed by atoms with Crippen LogP contribution in [0.5, 0.6) is 0 Å². The number of hydrogen-bond donors (Lipinski definition) is 0. The molecule has 0 atom stereocenters. The summed E-state index contributed by atoms with van der Waals surface area (Å²) < 4.78 is 0. The van der Waals surface area contributed by atoms with Gasteiger partial charge < -0.3 is 4.90 Å². The fourth-order valence-electron chi connectivity index (χ4n) is 1.03. The maximum Gasteiger partial charge on any atom is 0.245 e. The standard InChI is InChI=1S/C8H12NO/c1-3-7-5-9(6-7)8(10)4-2/h3-4,7H,2,5-6H2,1H3. The Hall–Kier alpha value is -0.790. The molecule has 0 aliphatic carbocycles. The molecule has 0 aromatic rings. The molecule has 1 saturated heterocycles. The smallest absolute Gasteiger partial charge is 0.245 e. The van der Waals surface area contributed by atoms with Crippen molar-refractivity contribution in [1.29, 1.82) is 0 Å². The van der Waals surface area contributed by atoms with Gasteiger partial charge in [-0.05, 0) is 18.4 Å². The molecule has 0 spiro atoms. The van der Waals surface area contributed by atoms with Crippen LogP contribution in [-0.2, 0) is 4.79 Å². The van der Waals surface area contributed by atoms with E-state index in [1.165, 1.54) is 6.08 Å². The Morgan fingerprint density at radius 2 is 2.30 bits per heavy atom. The molecule has 0 bridgehead atoms. The van der Waals surface area contributed by atoms with Crippen molar-refractivity contribution in [1.82, 2.24) is 4.90 Å².